The molecule has 2 N–H and O–H groups in total. The molecule has 1 atom stereocenters. The number of carbonyl (C=O) groups excluding carboxylic acids is 1. The zero-order chi connectivity index (χ0) is 22.8. The summed E-state index contributed by atoms with van der Waals surface area (Å²) >= 11 is 5.96. The first-order valence-corrected chi connectivity index (χ1v) is 9.97. The quantitative estimate of drug-likeness (QED) is 0.581. The second kappa shape index (κ2) is 8.75. The summed E-state index contributed by atoms with van der Waals surface area (Å²) in [5.74, 6) is 1.52. The maximum Gasteiger partial charge on any atom is 0.255 e. The molecule has 166 valence electrons. The van der Waals surface area contributed by atoms with E-state index in [0.717, 1.165) is 0 Å². The van der Waals surface area contributed by atoms with Gasteiger partial charge >= 0.3 is 0 Å². The second-order valence-corrected chi connectivity index (χ2v) is 7.36. The second-order valence-electron chi connectivity index (χ2n) is 6.92. The van der Waals surface area contributed by atoms with Crippen LogP contribution in [0, 0.1) is 0 Å². The van der Waals surface area contributed by atoms with E-state index in [1.54, 1.807) is 43.3 Å². The summed E-state index contributed by atoms with van der Waals surface area (Å²) in [6.07, 6.45) is 0. The lowest BCUT2D eigenvalue weighted by atomic mass is 9.93. The Hall–Kier alpha value is -3.79. The highest BCUT2D eigenvalue weighted by Crippen LogP contribution is 2.43. The van der Waals surface area contributed by atoms with Crippen LogP contribution in [0.1, 0.15) is 18.5 Å². The van der Waals surface area contributed by atoms with Gasteiger partial charge in [0.05, 0.1) is 26.9 Å². The van der Waals surface area contributed by atoms with E-state index < -0.39 is 6.04 Å². The van der Waals surface area contributed by atoms with Crippen LogP contribution in [0.2, 0.25) is 5.02 Å². The summed E-state index contributed by atoms with van der Waals surface area (Å²) in [5, 5.41) is 18.4. The lowest BCUT2D eigenvalue weighted by Gasteiger charge is -2.29. The van der Waals surface area contributed by atoms with E-state index >= 15 is 0 Å². The Bertz CT molecular complexity index is 1190. The van der Waals surface area contributed by atoms with Crippen molar-refractivity contribution in [2.24, 2.45) is 0 Å². The summed E-state index contributed by atoms with van der Waals surface area (Å²) in [4.78, 5) is 13.4. The van der Waals surface area contributed by atoms with Gasteiger partial charge in [-0.25, -0.2) is 0 Å². The number of hydrogen-bond acceptors (Lipinski definition) is 8. The van der Waals surface area contributed by atoms with Gasteiger partial charge in [-0.15, -0.1) is 0 Å². The molecule has 0 saturated carbocycles. The highest BCUT2D eigenvalue weighted by molar-refractivity contribution is 6.30. The highest BCUT2D eigenvalue weighted by Gasteiger charge is 2.36. The Morgan fingerprint density at radius 3 is 2.38 bits per heavy atom. The van der Waals surface area contributed by atoms with Gasteiger partial charge < -0.3 is 24.8 Å². The van der Waals surface area contributed by atoms with E-state index in [1.165, 1.54) is 26.0 Å². The normalized spacial score (nSPS) is 15.0. The molecule has 0 aliphatic carbocycles. The summed E-state index contributed by atoms with van der Waals surface area (Å²) in [7, 11) is 4.61. The van der Waals surface area contributed by atoms with Gasteiger partial charge in [-0.1, -0.05) is 16.7 Å². The van der Waals surface area contributed by atoms with Crippen molar-refractivity contribution in [1.29, 1.82) is 0 Å². The first-order valence-electron chi connectivity index (χ1n) is 9.59. The number of carbonyl (C=O) groups is 1. The fourth-order valence-electron chi connectivity index (χ4n) is 3.59. The van der Waals surface area contributed by atoms with Crippen LogP contribution < -0.4 is 24.8 Å². The number of amides is 1. The van der Waals surface area contributed by atoms with Crippen LogP contribution in [0.25, 0.3) is 0 Å². The van der Waals surface area contributed by atoms with Gasteiger partial charge in [0.1, 0.15) is 11.8 Å². The molecule has 0 fully saturated rings. The number of allylic oxidation sites excluding steroid dienone is 1. The first kappa shape index (κ1) is 21.4. The molecule has 0 radical (unpaired) electrons. The van der Waals surface area contributed by atoms with Gasteiger partial charge in [0.25, 0.3) is 5.91 Å². The predicted molar refractivity (Wildman–Crippen MR) is 118 cm³/mol. The van der Waals surface area contributed by atoms with E-state index in [2.05, 4.69) is 26.2 Å². The average Bonchev–Trinajstić information content (AvgIpc) is 3.26. The monoisotopic (exact) mass is 456 g/mol. The third kappa shape index (κ3) is 3.80. The van der Waals surface area contributed by atoms with Crippen LogP contribution in [0.15, 0.2) is 47.7 Å². The van der Waals surface area contributed by atoms with Crippen molar-refractivity contribution in [3.05, 3.63) is 58.3 Å². The molecular formula is C21H21ClN6O4. The van der Waals surface area contributed by atoms with E-state index in [1.807, 2.05) is 0 Å². The minimum atomic E-state index is -0.691. The fraction of sp³-hybridized carbons (Fsp3) is 0.238. The Morgan fingerprint density at radius 2 is 1.72 bits per heavy atom. The van der Waals surface area contributed by atoms with Crippen LogP contribution in [-0.4, -0.2) is 47.4 Å². The number of nitrogens with one attached hydrogen (secondary N) is 2. The number of methoxy groups -OCH3 is 3. The third-order valence-corrected chi connectivity index (χ3v) is 5.34. The Kier molecular flexibility index (Phi) is 5.87. The molecule has 1 aliphatic heterocycles. The van der Waals surface area contributed by atoms with Crippen LogP contribution in [0.3, 0.4) is 0 Å². The summed E-state index contributed by atoms with van der Waals surface area (Å²) < 4.78 is 18.0. The predicted octanol–water partition coefficient (Wildman–Crippen LogP) is 3.28. The molecule has 10 nitrogen and oxygen atoms in total. The molecule has 1 aliphatic rings. The Balaban J connectivity index is 1.84. The topological polar surface area (TPSA) is 112 Å². The van der Waals surface area contributed by atoms with Crippen molar-refractivity contribution in [2.45, 2.75) is 13.0 Å². The van der Waals surface area contributed by atoms with E-state index in [0.29, 0.717) is 50.7 Å². The van der Waals surface area contributed by atoms with Crippen molar-refractivity contribution >= 4 is 29.1 Å². The summed E-state index contributed by atoms with van der Waals surface area (Å²) in [5.41, 5.74) is 2.23. The molecule has 11 heteroatoms. The van der Waals surface area contributed by atoms with Crippen molar-refractivity contribution in [3.63, 3.8) is 0 Å². The molecule has 2 aromatic carbocycles. The molecule has 4 rings (SSSR count). The van der Waals surface area contributed by atoms with Crippen molar-refractivity contribution in [2.75, 3.05) is 32.0 Å². The van der Waals surface area contributed by atoms with Gasteiger partial charge in [-0.3, -0.25) is 4.79 Å². The van der Waals surface area contributed by atoms with Crippen LogP contribution in [0.5, 0.6) is 17.2 Å². The van der Waals surface area contributed by atoms with Gasteiger partial charge in [-0.05, 0) is 47.7 Å². The number of rotatable bonds is 6. The number of anilines is 2. The van der Waals surface area contributed by atoms with E-state index in [9.17, 15) is 4.79 Å². The smallest absolute Gasteiger partial charge is 0.255 e. The fourth-order valence-corrected chi connectivity index (χ4v) is 3.72. The lowest BCUT2D eigenvalue weighted by Crippen LogP contribution is -2.31. The number of fused-ring (bicyclic) bond motifs is 1. The van der Waals surface area contributed by atoms with Gasteiger partial charge in [-0.2, -0.15) is 4.68 Å². The maximum atomic E-state index is 13.4. The lowest BCUT2D eigenvalue weighted by molar-refractivity contribution is -0.113. The van der Waals surface area contributed by atoms with E-state index in [4.69, 9.17) is 25.8 Å². The number of halogens is 1. The summed E-state index contributed by atoms with van der Waals surface area (Å²) in [6, 6.07) is 9.61. The van der Waals surface area contributed by atoms with Gasteiger partial charge in [0, 0.05) is 28.0 Å². The first-order chi connectivity index (χ1) is 15.5. The Morgan fingerprint density at radius 1 is 1.06 bits per heavy atom. The van der Waals surface area contributed by atoms with E-state index in [-0.39, 0.29) is 5.91 Å². The standard InChI is InChI=1S/C21H21ClN6O4/c1-11-18(20(29)24-13-7-5-12(22)6-8-13)19(28-21(23-11)25-26-27-28)14-9-16(31-3)17(32-4)10-15(14)30-2/h5-10,19H,1-4H3,(H,24,29)(H,23,25,27)/t19-/m0/s1. The zero-order valence-corrected chi connectivity index (χ0v) is 18.6. The number of ether oxygens (including phenoxy) is 3. The average molecular weight is 457 g/mol. The number of benzene rings is 2. The molecule has 3 aromatic rings. The van der Waals surface area contributed by atoms with Crippen molar-refractivity contribution in [3.8, 4) is 17.2 Å². The van der Waals surface area contributed by atoms with Crippen molar-refractivity contribution < 1.29 is 19.0 Å². The Labute approximate surface area is 189 Å². The maximum absolute atomic E-state index is 13.4. The SMILES string of the molecule is COc1cc(OC)c([C@H]2C(C(=O)Nc3ccc(Cl)cc3)=C(C)Nc3nnnn32)cc1OC. The number of tetrazole rings is 1. The molecule has 0 bridgehead atoms. The minimum absolute atomic E-state index is 0.333. The number of nitrogens with zero attached hydrogens (tertiary/aromatic N) is 4. The molecule has 0 unspecified atom stereocenters. The molecule has 1 aromatic heterocycles. The largest absolute Gasteiger partial charge is 0.496 e. The van der Waals surface area contributed by atoms with Crippen LogP contribution in [0.4, 0.5) is 11.6 Å². The molecule has 0 saturated heterocycles. The minimum Gasteiger partial charge on any atom is -0.496 e. The molecular weight excluding hydrogens is 436 g/mol. The number of aromatic nitrogens is 4. The zero-order valence-electron chi connectivity index (χ0n) is 17.8. The molecule has 1 amide bonds. The highest BCUT2D eigenvalue weighted by atomic mass is 35.5. The molecule has 0 spiro atoms. The van der Waals surface area contributed by atoms with Gasteiger partial charge in [0.15, 0.2) is 11.5 Å². The summed E-state index contributed by atoms with van der Waals surface area (Å²) in [6.45, 7) is 1.79. The molecule has 32 heavy (non-hydrogen) atoms. The third-order valence-electron chi connectivity index (χ3n) is 5.09. The van der Waals surface area contributed by atoms with Crippen molar-refractivity contribution in [1.82, 2.24) is 20.2 Å². The molecule has 2 heterocycles. The van der Waals surface area contributed by atoms with Crippen LogP contribution in [-0.2, 0) is 4.79 Å². The van der Waals surface area contributed by atoms with Gasteiger partial charge in [0.2, 0.25) is 5.95 Å². The van der Waals surface area contributed by atoms with Crippen LogP contribution >= 0.6 is 11.6 Å². The number of hydrogen-bond donors (Lipinski definition) is 2.